The highest BCUT2D eigenvalue weighted by Crippen LogP contribution is 2.22. The van der Waals surface area contributed by atoms with Crippen molar-refractivity contribution >= 4 is 6.08 Å². The molecule has 2 nitrogen and oxygen atoms in total. The number of hydrogen-bond donors (Lipinski definition) is 0. The molecule has 46 valence electrons. The molecule has 0 aromatic heterocycles. The fraction of sp³-hybridized carbons (Fsp3) is 0.286. The highest BCUT2D eigenvalue weighted by molar-refractivity contribution is 5.50. The van der Waals surface area contributed by atoms with Gasteiger partial charge in [0, 0.05) is 0 Å². The second-order valence-corrected chi connectivity index (χ2v) is 1.80. The molecule has 0 aromatic carbocycles. The Labute approximate surface area is 53.6 Å². The van der Waals surface area contributed by atoms with Crippen LogP contribution in [0, 0.1) is 0 Å². The van der Waals surface area contributed by atoms with Gasteiger partial charge in [0.15, 0.2) is 0 Å². The summed E-state index contributed by atoms with van der Waals surface area (Å²) in [5.74, 6) is 0. The van der Waals surface area contributed by atoms with Gasteiger partial charge in [-0.25, -0.2) is 4.79 Å². The Morgan fingerprint density at radius 1 is 1.67 bits per heavy atom. The molecule has 0 spiro atoms. The molecule has 0 amide bonds. The van der Waals surface area contributed by atoms with E-state index in [1.165, 1.54) is 6.08 Å². The fourth-order valence-corrected chi connectivity index (χ4v) is 0.733. The topological polar surface area (TPSA) is 29.4 Å². The van der Waals surface area contributed by atoms with E-state index in [0.717, 1.165) is 17.7 Å². The average molecular weight is 121 g/mol. The van der Waals surface area contributed by atoms with Crippen LogP contribution in [0.25, 0.3) is 0 Å². The fourth-order valence-electron chi connectivity index (χ4n) is 0.733. The predicted octanol–water partition coefficient (Wildman–Crippen LogP) is 1.56. The van der Waals surface area contributed by atoms with Crippen LogP contribution in [0.3, 0.4) is 0 Å². The minimum absolute atomic E-state index is 0.785. The van der Waals surface area contributed by atoms with E-state index in [0.29, 0.717) is 0 Å². The third kappa shape index (κ3) is 0.980. The van der Waals surface area contributed by atoms with E-state index in [2.05, 4.69) is 4.99 Å². The highest BCUT2D eigenvalue weighted by Gasteiger charge is 2.06. The first-order chi connectivity index (χ1) is 4.38. The molecule has 9 heavy (non-hydrogen) atoms. The first kappa shape index (κ1) is 5.99. The number of aliphatic imine (C=N–C) groups is 1. The zero-order chi connectivity index (χ0) is 6.69. The second-order valence-electron chi connectivity index (χ2n) is 1.80. The lowest BCUT2D eigenvalue weighted by Crippen LogP contribution is -1.92. The highest BCUT2D eigenvalue weighted by atomic mass is 16.1. The van der Waals surface area contributed by atoms with Crippen LogP contribution in [-0.4, -0.2) is 6.08 Å². The van der Waals surface area contributed by atoms with Gasteiger partial charge in [0.2, 0.25) is 6.08 Å². The molecule has 0 N–H and O–H groups in total. The Bertz CT molecular complexity index is 219. The van der Waals surface area contributed by atoms with Gasteiger partial charge in [0.05, 0.1) is 5.70 Å². The molecule has 0 saturated carbocycles. The first-order valence-electron chi connectivity index (χ1n) is 2.87. The molecule has 1 aliphatic rings. The summed E-state index contributed by atoms with van der Waals surface area (Å²) >= 11 is 0. The van der Waals surface area contributed by atoms with Crippen molar-refractivity contribution < 1.29 is 4.79 Å². The molecule has 0 aliphatic heterocycles. The van der Waals surface area contributed by atoms with Crippen molar-refractivity contribution in [2.45, 2.75) is 13.3 Å². The van der Waals surface area contributed by atoms with E-state index in [9.17, 15) is 4.79 Å². The third-order valence-electron chi connectivity index (χ3n) is 1.32. The van der Waals surface area contributed by atoms with Crippen LogP contribution in [-0.2, 0) is 4.79 Å². The van der Waals surface area contributed by atoms with Crippen molar-refractivity contribution in [3.8, 4) is 0 Å². The molecule has 2 heteroatoms. The number of nitrogens with zero attached hydrogens (tertiary/aromatic N) is 1. The van der Waals surface area contributed by atoms with Gasteiger partial charge < -0.3 is 0 Å². The van der Waals surface area contributed by atoms with E-state index in [4.69, 9.17) is 0 Å². The van der Waals surface area contributed by atoms with Gasteiger partial charge in [-0.2, -0.15) is 4.99 Å². The summed E-state index contributed by atoms with van der Waals surface area (Å²) in [5.41, 5.74) is 1.92. The molecule has 1 rings (SSSR count). The van der Waals surface area contributed by atoms with Crippen LogP contribution >= 0.6 is 0 Å². The summed E-state index contributed by atoms with van der Waals surface area (Å²) in [7, 11) is 0. The summed E-state index contributed by atoms with van der Waals surface area (Å²) < 4.78 is 0. The summed E-state index contributed by atoms with van der Waals surface area (Å²) in [6.45, 7) is 2.03. The molecule has 1 aliphatic carbocycles. The van der Waals surface area contributed by atoms with Gasteiger partial charge in [-0.15, -0.1) is 0 Å². The molecule has 0 radical (unpaired) electrons. The quantitative estimate of drug-likeness (QED) is 0.402. The second kappa shape index (κ2) is 2.42. The molecule has 0 unspecified atom stereocenters. The van der Waals surface area contributed by atoms with Gasteiger partial charge in [-0.3, -0.25) is 0 Å². The van der Waals surface area contributed by atoms with Crippen molar-refractivity contribution in [1.82, 2.24) is 0 Å². The van der Waals surface area contributed by atoms with Crippen LogP contribution in [0.5, 0.6) is 0 Å². The van der Waals surface area contributed by atoms with Gasteiger partial charge in [0.1, 0.15) is 0 Å². The molecular formula is C7H7NO. The molecular weight excluding hydrogens is 114 g/mol. The maximum absolute atomic E-state index is 9.71. The minimum atomic E-state index is 0.785. The maximum Gasteiger partial charge on any atom is 0.240 e. The molecule has 0 fully saturated rings. The number of rotatable bonds is 2. The van der Waals surface area contributed by atoms with E-state index >= 15 is 0 Å². The number of isocyanates is 1. The van der Waals surface area contributed by atoms with Crippen LogP contribution < -0.4 is 0 Å². The van der Waals surface area contributed by atoms with Crippen molar-refractivity contribution in [3.63, 3.8) is 0 Å². The Morgan fingerprint density at radius 3 is 2.78 bits per heavy atom. The number of carbonyl (C=O) groups excluding carboxylic acids is 1. The molecule has 0 atom stereocenters. The minimum Gasteiger partial charge on any atom is -0.211 e. The van der Waals surface area contributed by atoms with E-state index in [1.54, 1.807) is 0 Å². The largest absolute Gasteiger partial charge is 0.240 e. The first-order valence-corrected chi connectivity index (χ1v) is 2.87. The Hall–Kier alpha value is -1.14. The molecule has 0 heterocycles. The van der Waals surface area contributed by atoms with Gasteiger partial charge in [-0.1, -0.05) is 13.0 Å². The third-order valence-corrected chi connectivity index (χ3v) is 1.32. The van der Waals surface area contributed by atoms with Crippen molar-refractivity contribution in [2.75, 3.05) is 0 Å². The number of allylic oxidation sites excluding steroid dienone is 3. The summed E-state index contributed by atoms with van der Waals surface area (Å²) in [5, 5.41) is 0. The Kier molecular flexibility index (Phi) is 1.61. The van der Waals surface area contributed by atoms with Gasteiger partial charge in [0.25, 0.3) is 0 Å². The van der Waals surface area contributed by atoms with Crippen molar-refractivity contribution in [2.24, 2.45) is 4.99 Å². The molecule has 0 saturated heterocycles. The van der Waals surface area contributed by atoms with Crippen LogP contribution in [0.1, 0.15) is 13.3 Å². The van der Waals surface area contributed by atoms with E-state index in [1.807, 2.05) is 19.1 Å². The van der Waals surface area contributed by atoms with Gasteiger partial charge >= 0.3 is 0 Å². The smallest absolute Gasteiger partial charge is 0.211 e. The summed E-state index contributed by atoms with van der Waals surface area (Å²) in [6.07, 6.45) is 6.21. The van der Waals surface area contributed by atoms with Crippen LogP contribution in [0.4, 0.5) is 0 Å². The number of hydrogen-bond acceptors (Lipinski definition) is 2. The Morgan fingerprint density at radius 2 is 2.44 bits per heavy atom. The Balaban J connectivity index is 2.59. The van der Waals surface area contributed by atoms with Crippen molar-refractivity contribution in [3.05, 3.63) is 23.4 Å². The molecule has 0 bridgehead atoms. The van der Waals surface area contributed by atoms with Gasteiger partial charge in [-0.05, 0) is 18.1 Å². The average Bonchev–Trinajstić information content (AvgIpc) is 1.82. The van der Waals surface area contributed by atoms with Crippen LogP contribution in [0.2, 0.25) is 0 Å². The van der Waals surface area contributed by atoms with Crippen molar-refractivity contribution in [1.29, 1.82) is 0 Å². The monoisotopic (exact) mass is 121 g/mol. The standard InChI is InChI=1S/C7H7NO/c1-2-6-3-4-7(6)8-5-9/h3-4H,2H2,1H3. The lowest BCUT2D eigenvalue weighted by molar-refractivity contribution is 0.564. The predicted molar refractivity (Wildman–Crippen MR) is 34.6 cm³/mol. The van der Waals surface area contributed by atoms with E-state index < -0.39 is 0 Å². The maximum atomic E-state index is 9.71. The molecule has 0 aromatic rings. The lowest BCUT2D eigenvalue weighted by atomic mass is 10.0. The SMILES string of the molecule is CCC1=CC=C1N=C=O. The summed E-state index contributed by atoms with van der Waals surface area (Å²) in [4.78, 5) is 13.2. The van der Waals surface area contributed by atoms with E-state index in [-0.39, 0.29) is 0 Å². The zero-order valence-electron chi connectivity index (χ0n) is 5.22. The lowest BCUT2D eigenvalue weighted by Gasteiger charge is -2.08. The van der Waals surface area contributed by atoms with Crippen LogP contribution in [0.15, 0.2) is 28.4 Å². The zero-order valence-corrected chi connectivity index (χ0v) is 5.22. The summed E-state index contributed by atoms with van der Waals surface area (Å²) in [6, 6.07) is 0. The normalized spacial score (nSPS) is 14.8.